The van der Waals surface area contributed by atoms with Gasteiger partial charge >= 0.3 is 0 Å². The van der Waals surface area contributed by atoms with E-state index in [1.54, 1.807) is 0 Å². The Bertz CT molecular complexity index is 969. The summed E-state index contributed by atoms with van der Waals surface area (Å²) in [4.78, 5) is 24.0. The fraction of sp³-hybridized carbons (Fsp3) is 0.429. The van der Waals surface area contributed by atoms with Crippen LogP contribution < -0.4 is 0 Å². The first-order valence-corrected chi connectivity index (χ1v) is 9.82. The van der Waals surface area contributed by atoms with Crippen LogP contribution >= 0.6 is 0 Å². The predicted molar refractivity (Wildman–Crippen MR) is 102 cm³/mol. The Morgan fingerprint density at radius 1 is 1.04 bits per heavy atom. The third kappa shape index (κ3) is 3.44. The number of nitrogens with one attached hydrogen (secondary N) is 1. The summed E-state index contributed by atoms with van der Waals surface area (Å²) in [5.41, 5.74) is 1.41. The topological polar surface area (TPSA) is 74.8 Å². The van der Waals surface area contributed by atoms with Crippen LogP contribution in [0.4, 0.5) is 0 Å². The van der Waals surface area contributed by atoms with Gasteiger partial charge in [0.25, 0.3) is 5.91 Å². The van der Waals surface area contributed by atoms with Crippen LogP contribution in [0.2, 0.25) is 0 Å². The molecule has 3 aromatic rings. The van der Waals surface area contributed by atoms with Gasteiger partial charge in [-0.25, -0.2) is 9.97 Å². The number of piperidine rings is 1. The molecule has 5 rings (SSSR count). The molecule has 2 aliphatic rings. The van der Waals surface area contributed by atoms with E-state index in [-0.39, 0.29) is 5.91 Å². The standard InChI is InChI=1S/C21H23N5O/c27-21(18-8-7-15-3-1-2-4-17(15)22-18)26-11-9-14(10-12-26)13-19-23-20(25-24-19)16-5-6-16/h1-4,7-8,14,16H,5-6,9-13H2,(H,23,24,25). The Kier molecular flexibility index (Phi) is 4.11. The number of rotatable bonds is 4. The molecular formula is C21H23N5O. The lowest BCUT2D eigenvalue weighted by Gasteiger charge is -2.31. The van der Waals surface area contributed by atoms with E-state index in [1.807, 2.05) is 41.3 Å². The average molecular weight is 361 g/mol. The number of benzene rings is 1. The number of para-hydroxylation sites is 1. The Morgan fingerprint density at radius 3 is 2.67 bits per heavy atom. The molecule has 1 aliphatic heterocycles. The van der Waals surface area contributed by atoms with Crippen LogP contribution in [0.5, 0.6) is 0 Å². The van der Waals surface area contributed by atoms with Crippen LogP contribution in [0.15, 0.2) is 36.4 Å². The highest BCUT2D eigenvalue weighted by Gasteiger charge is 2.29. The van der Waals surface area contributed by atoms with Crippen molar-refractivity contribution in [2.24, 2.45) is 5.92 Å². The summed E-state index contributed by atoms with van der Waals surface area (Å²) in [6.45, 7) is 1.56. The number of hydrogen-bond acceptors (Lipinski definition) is 4. The largest absolute Gasteiger partial charge is 0.337 e. The first-order chi connectivity index (χ1) is 13.3. The van der Waals surface area contributed by atoms with E-state index < -0.39 is 0 Å². The first kappa shape index (κ1) is 16.4. The first-order valence-electron chi connectivity index (χ1n) is 9.82. The number of fused-ring (bicyclic) bond motifs is 1. The van der Waals surface area contributed by atoms with Gasteiger partial charge in [-0.3, -0.25) is 9.89 Å². The molecule has 1 saturated carbocycles. The number of likely N-dealkylation sites (tertiary alicyclic amines) is 1. The molecule has 1 aliphatic carbocycles. The normalized spacial score (nSPS) is 18.1. The van der Waals surface area contributed by atoms with E-state index in [2.05, 4.69) is 20.2 Å². The molecule has 0 atom stereocenters. The van der Waals surface area contributed by atoms with Crippen molar-refractivity contribution in [2.45, 2.75) is 38.0 Å². The SMILES string of the molecule is O=C(c1ccc2ccccc2n1)N1CCC(Cc2nc(C3CC3)n[nH]2)CC1. The minimum absolute atomic E-state index is 0.0369. The molecule has 1 saturated heterocycles. The maximum Gasteiger partial charge on any atom is 0.272 e. The summed E-state index contributed by atoms with van der Waals surface area (Å²) < 4.78 is 0. The maximum atomic E-state index is 12.8. The van der Waals surface area contributed by atoms with Crippen molar-refractivity contribution >= 4 is 16.8 Å². The monoisotopic (exact) mass is 361 g/mol. The molecule has 1 amide bonds. The minimum Gasteiger partial charge on any atom is -0.337 e. The molecule has 0 unspecified atom stereocenters. The minimum atomic E-state index is 0.0369. The van der Waals surface area contributed by atoms with Crippen molar-refractivity contribution in [2.75, 3.05) is 13.1 Å². The van der Waals surface area contributed by atoms with Gasteiger partial charge in [-0.05, 0) is 43.7 Å². The summed E-state index contributed by atoms with van der Waals surface area (Å²) in [6.07, 6.45) is 5.37. The van der Waals surface area contributed by atoms with Crippen LogP contribution in [0, 0.1) is 5.92 Å². The van der Waals surface area contributed by atoms with Gasteiger partial charge in [-0.15, -0.1) is 0 Å². The Morgan fingerprint density at radius 2 is 1.85 bits per heavy atom. The lowest BCUT2D eigenvalue weighted by molar-refractivity contribution is 0.0684. The summed E-state index contributed by atoms with van der Waals surface area (Å²) in [5.74, 6) is 3.16. The van der Waals surface area contributed by atoms with E-state index >= 15 is 0 Å². The van der Waals surface area contributed by atoms with Gasteiger partial charge in [0.15, 0.2) is 5.82 Å². The average Bonchev–Trinajstić information content (AvgIpc) is 3.47. The second-order valence-corrected chi connectivity index (χ2v) is 7.74. The number of hydrogen-bond donors (Lipinski definition) is 1. The van der Waals surface area contributed by atoms with Gasteiger partial charge in [-0.2, -0.15) is 5.10 Å². The quantitative estimate of drug-likeness (QED) is 0.773. The van der Waals surface area contributed by atoms with Gasteiger partial charge in [0.05, 0.1) is 5.52 Å². The molecule has 0 bridgehead atoms. The van der Waals surface area contributed by atoms with Crippen LogP contribution in [0.3, 0.4) is 0 Å². The number of H-pyrrole nitrogens is 1. The van der Waals surface area contributed by atoms with Crippen molar-refractivity contribution < 1.29 is 4.79 Å². The second kappa shape index (κ2) is 6.76. The molecule has 2 fully saturated rings. The zero-order chi connectivity index (χ0) is 18.2. The number of nitrogens with zero attached hydrogens (tertiary/aromatic N) is 4. The summed E-state index contributed by atoms with van der Waals surface area (Å²) in [7, 11) is 0. The maximum absolute atomic E-state index is 12.8. The molecule has 6 nitrogen and oxygen atoms in total. The van der Waals surface area contributed by atoms with E-state index in [4.69, 9.17) is 0 Å². The number of carbonyl (C=O) groups excluding carboxylic acids is 1. The summed E-state index contributed by atoms with van der Waals surface area (Å²) >= 11 is 0. The van der Waals surface area contributed by atoms with Crippen LogP contribution in [-0.4, -0.2) is 44.1 Å². The number of aromatic nitrogens is 4. The predicted octanol–water partition coefficient (Wildman–Crippen LogP) is 3.33. The number of pyridine rings is 1. The summed E-state index contributed by atoms with van der Waals surface area (Å²) in [5, 5.41) is 8.50. The van der Waals surface area contributed by atoms with Gasteiger partial charge in [0.2, 0.25) is 0 Å². The molecule has 27 heavy (non-hydrogen) atoms. The van der Waals surface area contributed by atoms with Crippen molar-refractivity contribution in [1.29, 1.82) is 0 Å². The van der Waals surface area contributed by atoms with Crippen LogP contribution in [0.1, 0.15) is 53.7 Å². The Balaban J connectivity index is 1.20. The molecule has 6 heteroatoms. The van der Waals surface area contributed by atoms with E-state index in [9.17, 15) is 4.79 Å². The molecule has 138 valence electrons. The summed E-state index contributed by atoms with van der Waals surface area (Å²) in [6, 6.07) is 11.7. The van der Waals surface area contributed by atoms with Crippen molar-refractivity contribution in [1.82, 2.24) is 25.1 Å². The molecule has 1 N–H and O–H groups in total. The molecule has 0 spiro atoms. The highest BCUT2D eigenvalue weighted by molar-refractivity contribution is 5.94. The fourth-order valence-electron chi connectivity index (χ4n) is 3.89. The van der Waals surface area contributed by atoms with Crippen molar-refractivity contribution in [3.05, 3.63) is 53.7 Å². The molecular weight excluding hydrogens is 338 g/mol. The van der Waals surface area contributed by atoms with E-state index in [1.165, 1.54) is 12.8 Å². The third-order valence-electron chi connectivity index (χ3n) is 5.69. The lowest BCUT2D eigenvalue weighted by Crippen LogP contribution is -2.39. The van der Waals surface area contributed by atoms with E-state index in [0.717, 1.165) is 54.9 Å². The zero-order valence-corrected chi connectivity index (χ0v) is 15.3. The molecule has 2 aromatic heterocycles. The van der Waals surface area contributed by atoms with E-state index in [0.29, 0.717) is 17.5 Å². The third-order valence-corrected chi connectivity index (χ3v) is 5.69. The van der Waals surface area contributed by atoms with Gasteiger partial charge in [0.1, 0.15) is 11.5 Å². The number of aromatic amines is 1. The zero-order valence-electron chi connectivity index (χ0n) is 15.3. The Labute approximate surface area is 158 Å². The van der Waals surface area contributed by atoms with Gasteiger partial charge < -0.3 is 4.90 Å². The van der Waals surface area contributed by atoms with Crippen LogP contribution in [-0.2, 0) is 6.42 Å². The van der Waals surface area contributed by atoms with Crippen LogP contribution in [0.25, 0.3) is 10.9 Å². The number of amides is 1. The lowest BCUT2D eigenvalue weighted by atomic mass is 9.93. The fourth-order valence-corrected chi connectivity index (χ4v) is 3.89. The molecule has 1 aromatic carbocycles. The molecule has 3 heterocycles. The molecule has 0 radical (unpaired) electrons. The Hall–Kier alpha value is -2.76. The van der Waals surface area contributed by atoms with Gasteiger partial charge in [-0.1, -0.05) is 24.3 Å². The highest BCUT2D eigenvalue weighted by Crippen LogP contribution is 2.38. The second-order valence-electron chi connectivity index (χ2n) is 7.74. The van der Waals surface area contributed by atoms with Gasteiger partial charge in [0, 0.05) is 30.8 Å². The van der Waals surface area contributed by atoms with Crippen molar-refractivity contribution in [3.8, 4) is 0 Å². The highest BCUT2D eigenvalue weighted by atomic mass is 16.2. The van der Waals surface area contributed by atoms with Crippen molar-refractivity contribution in [3.63, 3.8) is 0 Å². The number of carbonyl (C=O) groups is 1. The smallest absolute Gasteiger partial charge is 0.272 e.